The molecule has 0 bridgehead atoms. The van der Waals surface area contributed by atoms with Gasteiger partial charge in [0.2, 0.25) is 0 Å². The van der Waals surface area contributed by atoms with E-state index in [1.807, 2.05) is 31.2 Å². The molecule has 6 heteroatoms. The maximum atomic E-state index is 12.5. The van der Waals surface area contributed by atoms with Crippen molar-refractivity contribution >= 4 is 23.8 Å². The molecule has 0 saturated carbocycles. The molecule has 1 aliphatic heterocycles. The SMILES string of the molecule is Cc1ccc(CN(C)C(=O)N2CCSCC2C(=O)O)cc1. The predicted molar refractivity (Wildman–Crippen MR) is 83.5 cm³/mol. The Bertz CT molecular complexity index is 518. The van der Waals surface area contributed by atoms with Gasteiger partial charge in [-0.15, -0.1) is 0 Å². The molecule has 1 heterocycles. The van der Waals surface area contributed by atoms with Crippen LogP contribution in [0.5, 0.6) is 0 Å². The van der Waals surface area contributed by atoms with Crippen LogP contribution >= 0.6 is 11.8 Å². The third kappa shape index (κ3) is 3.91. The topological polar surface area (TPSA) is 60.9 Å². The first-order valence-corrected chi connectivity index (χ1v) is 8.02. The minimum absolute atomic E-state index is 0.219. The fourth-order valence-corrected chi connectivity index (χ4v) is 3.33. The van der Waals surface area contributed by atoms with Crippen molar-refractivity contribution in [2.75, 3.05) is 25.1 Å². The van der Waals surface area contributed by atoms with Crippen molar-refractivity contribution in [3.05, 3.63) is 35.4 Å². The van der Waals surface area contributed by atoms with Gasteiger partial charge < -0.3 is 14.9 Å². The van der Waals surface area contributed by atoms with Crippen LogP contribution in [-0.2, 0) is 11.3 Å². The van der Waals surface area contributed by atoms with E-state index in [9.17, 15) is 14.7 Å². The first-order chi connectivity index (χ1) is 9.99. The molecule has 1 aromatic carbocycles. The third-order valence-corrected chi connectivity index (χ3v) is 4.55. The number of hydrogen-bond acceptors (Lipinski definition) is 3. The van der Waals surface area contributed by atoms with Gasteiger partial charge >= 0.3 is 12.0 Å². The lowest BCUT2D eigenvalue weighted by molar-refractivity contribution is -0.141. The summed E-state index contributed by atoms with van der Waals surface area (Å²) in [5, 5.41) is 9.23. The zero-order valence-corrected chi connectivity index (χ0v) is 13.1. The van der Waals surface area contributed by atoms with Gasteiger partial charge in [-0.25, -0.2) is 9.59 Å². The predicted octanol–water partition coefficient (Wildman–Crippen LogP) is 2.05. The molecule has 0 aromatic heterocycles. The van der Waals surface area contributed by atoms with Crippen molar-refractivity contribution in [2.24, 2.45) is 0 Å². The summed E-state index contributed by atoms with van der Waals surface area (Å²) in [7, 11) is 1.71. The highest BCUT2D eigenvalue weighted by molar-refractivity contribution is 7.99. The first kappa shape index (κ1) is 15.7. The second-order valence-electron chi connectivity index (χ2n) is 5.25. The lowest BCUT2D eigenvalue weighted by Crippen LogP contribution is -2.53. The molecule has 0 radical (unpaired) electrons. The van der Waals surface area contributed by atoms with Crippen LogP contribution in [0.2, 0.25) is 0 Å². The molecule has 1 atom stereocenters. The fraction of sp³-hybridized carbons (Fsp3) is 0.467. The number of carboxylic acid groups (broad SMARTS) is 1. The van der Waals surface area contributed by atoms with E-state index in [0.717, 1.165) is 11.3 Å². The maximum absolute atomic E-state index is 12.5. The van der Waals surface area contributed by atoms with E-state index in [2.05, 4.69) is 0 Å². The number of aryl methyl sites for hydroxylation is 1. The van der Waals surface area contributed by atoms with Gasteiger partial charge in [-0.3, -0.25) is 0 Å². The summed E-state index contributed by atoms with van der Waals surface area (Å²) in [5.41, 5.74) is 2.21. The number of carbonyl (C=O) groups is 2. The number of aliphatic carboxylic acids is 1. The Morgan fingerprint density at radius 2 is 2.05 bits per heavy atom. The van der Waals surface area contributed by atoms with Crippen LogP contribution in [0.3, 0.4) is 0 Å². The second-order valence-corrected chi connectivity index (χ2v) is 6.40. The second kappa shape index (κ2) is 6.85. The Morgan fingerprint density at radius 1 is 1.38 bits per heavy atom. The standard InChI is InChI=1S/C15H20N2O3S/c1-11-3-5-12(6-4-11)9-16(2)15(20)17-7-8-21-10-13(17)14(18)19/h3-6,13H,7-10H2,1-2H3,(H,18,19). The number of rotatable bonds is 3. The summed E-state index contributed by atoms with van der Waals surface area (Å²) in [6.07, 6.45) is 0. The van der Waals surface area contributed by atoms with Gasteiger partial charge in [0.25, 0.3) is 0 Å². The molecule has 1 N–H and O–H groups in total. The highest BCUT2D eigenvalue weighted by atomic mass is 32.2. The highest BCUT2D eigenvalue weighted by Crippen LogP contribution is 2.19. The first-order valence-electron chi connectivity index (χ1n) is 6.87. The molecule has 114 valence electrons. The molecule has 1 aliphatic rings. The van der Waals surface area contributed by atoms with E-state index in [1.165, 1.54) is 10.5 Å². The van der Waals surface area contributed by atoms with Gasteiger partial charge in [0.1, 0.15) is 6.04 Å². The number of benzene rings is 1. The number of urea groups is 1. The van der Waals surface area contributed by atoms with Gasteiger partial charge in [0.15, 0.2) is 0 Å². The molecule has 1 fully saturated rings. The number of nitrogens with zero attached hydrogens (tertiary/aromatic N) is 2. The Kier molecular flexibility index (Phi) is 5.12. The van der Waals surface area contributed by atoms with E-state index < -0.39 is 12.0 Å². The van der Waals surface area contributed by atoms with Crippen molar-refractivity contribution in [1.29, 1.82) is 0 Å². The van der Waals surface area contributed by atoms with E-state index in [-0.39, 0.29) is 6.03 Å². The van der Waals surface area contributed by atoms with E-state index in [0.29, 0.717) is 18.8 Å². The lowest BCUT2D eigenvalue weighted by atomic mass is 10.1. The van der Waals surface area contributed by atoms with Crippen molar-refractivity contribution in [3.63, 3.8) is 0 Å². The molecule has 2 amide bonds. The Labute approximate surface area is 128 Å². The lowest BCUT2D eigenvalue weighted by Gasteiger charge is -2.35. The minimum Gasteiger partial charge on any atom is -0.480 e. The summed E-state index contributed by atoms with van der Waals surface area (Å²) in [4.78, 5) is 26.8. The molecule has 0 aliphatic carbocycles. The van der Waals surface area contributed by atoms with Gasteiger partial charge in [-0.05, 0) is 12.5 Å². The molecule has 1 saturated heterocycles. The van der Waals surface area contributed by atoms with Crippen molar-refractivity contribution < 1.29 is 14.7 Å². The highest BCUT2D eigenvalue weighted by Gasteiger charge is 2.33. The summed E-state index contributed by atoms with van der Waals surface area (Å²) >= 11 is 1.58. The summed E-state index contributed by atoms with van der Waals surface area (Å²) in [6.45, 7) is 2.98. The number of carbonyl (C=O) groups excluding carboxylic acids is 1. The smallest absolute Gasteiger partial charge is 0.327 e. The van der Waals surface area contributed by atoms with Crippen LogP contribution in [0.15, 0.2) is 24.3 Å². The van der Waals surface area contributed by atoms with Crippen molar-refractivity contribution in [3.8, 4) is 0 Å². The molecule has 0 spiro atoms. The molecule has 1 aromatic rings. The average Bonchev–Trinajstić information content (AvgIpc) is 2.48. The number of amides is 2. The maximum Gasteiger partial charge on any atom is 0.327 e. The van der Waals surface area contributed by atoms with E-state index >= 15 is 0 Å². The number of carboxylic acids is 1. The molecular formula is C15H20N2O3S. The van der Waals surface area contributed by atoms with Crippen LogP contribution in [0.25, 0.3) is 0 Å². The van der Waals surface area contributed by atoms with Crippen LogP contribution in [0.4, 0.5) is 4.79 Å². The largest absolute Gasteiger partial charge is 0.480 e. The molecule has 21 heavy (non-hydrogen) atoms. The third-order valence-electron chi connectivity index (χ3n) is 3.53. The molecule has 2 rings (SSSR count). The Morgan fingerprint density at radius 3 is 2.67 bits per heavy atom. The summed E-state index contributed by atoms with van der Waals surface area (Å²) in [5.74, 6) is 0.312. The van der Waals surface area contributed by atoms with Crippen LogP contribution in [0, 0.1) is 6.92 Å². The van der Waals surface area contributed by atoms with Crippen molar-refractivity contribution in [1.82, 2.24) is 9.80 Å². The number of hydrogen-bond donors (Lipinski definition) is 1. The van der Waals surface area contributed by atoms with Crippen molar-refractivity contribution in [2.45, 2.75) is 19.5 Å². The van der Waals surface area contributed by atoms with Crippen LogP contribution in [0.1, 0.15) is 11.1 Å². The monoisotopic (exact) mass is 308 g/mol. The Hall–Kier alpha value is -1.69. The Balaban J connectivity index is 2.03. The van der Waals surface area contributed by atoms with E-state index in [4.69, 9.17) is 0 Å². The molecule has 5 nitrogen and oxygen atoms in total. The molecular weight excluding hydrogens is 288 g/mol. The van der Waals surface area contributed by atoms with E-state index in [1.54, 1.807) is 23.7 Å². The van der Waals surface area contributed by atoms with Gasteiger partial charge in [0.05, 0.1) is 0 Å². The van der Waals surface area contributed by atoms with Crippen LogP contribution < -0.4 is 0 Å². The van der Waals surface area contributed by atoms with Gasteiger partial charge in [0, 0.05) is 31.6 Å². The quantitative estimate of drug-likeness (QED) is 0.928. The van der Waals surface area contributed by atoms with Gasteiger partial charge in [-0.1, -0.05) is 29.8 Å². The van der Waals surface area contributed by atoms with Crippen LogP contribution in [-0.4, -0.2) is 58.0 Å². The van der Waals surface area contributed by atoms with Gasteiger partial charge in [-0.2, -0.15) is 11.8 Å². The minimum atomic E-state index is -0.931. The zero-order valence-electron chi connectivity index (χ0n) is 12.3. The zero-order chi connectivity index (χ0) is 15.4. The summed E-state index contributed by atoms with van der Waals surface area (Å²) < 4.78 is 0. The molecule has 1 unspecified atom stereocenters. The number of thioether (sulfide) groups is 1. The normalized spacial score (nSPS) is 18.4. The average molecular weight is 308 g/mol. The summed E-state index contributed by atoms with van der Waals surface area (Å²) in [6, 6.07) is 7.04. The fourth-order valence-electron chi connectivity index (χ4n) is 2.29.